The monoisotopic (exact) mass is 251 g/mol. The van der Waals surface area contributed by atoms with E-state index in [-0.39, 0.29) is 5.41 Å². The van der Waals surface area contributed by atoms with Crippen LogP contribution in [0.3, 0.4) is 0 Å². The number of piperidine rings is 1. The lowest BCUT2D eigenvalue weighted by Crippen LogP contribution is -2.33. The van der Waals surface area contributed by atoms with Gasteiger partial charge in [-0.15, -0.1) is 0 Å². The fourth-order valence-corrected chi connectivity index (χ4v) is 2.45. The highest BCUT2D eigenvalue weighted by atomic mass is 16.5. The summed E-state index contributed by atoms with van der Waals surface area (Å²) in [6.45, 7) is 10.9. The van der Waals surface area contributed by atoms with Crippen molar-refractivity contribution < 1.29 is 4.52 Å². The summed E-state index contributed by atoms with van der Waals surface area (Å²) in [7, 11) is 0. The molecule has 2 heterocycles. The Bertz CT molecular complexity index is 375. The van der Waals surface area contributed by atoms with Gasteiger partial charge in [0.05, 0.1) is 0 Å². The maximum absolute atomic E-state index is 5.37. The third kappa shape index (κ3) is 3.31. The van der Waals surface area contributed by atoms with Gasteiger partial charge in [-0.25, -0.2) is 0 Å². The Hall–Kier alpha value is -0.900. The molecule has 0 radical (unpaired) electrons. The van der Waals surface area contributed by atoms with Crippen molar-refractivity contribution in [3.63, 3.8) is 0 Å². The van der Waals surface area contributed by atoms with Gasteiger partial charge in [0, 0.05) is 11.8 Å². The molecule has 1 aromatic heterocycles. The molecule has 4 nitrogen and oxygen atoms in total. The lowest BCUT2D eigenvalue weighted by molar-refractivity contribution is 0.256. The van der Waals surface area contributed by atoms with Crippen molar-refractivity contribution in [2.45, 2.75) is 52.4 Å². The van der Waals surface area contributed by atoms with E-state index in [4.69, 9.17) is 4.52 Å². The van der Waals surface area contributed by atoms with Gasteiger partial charge >= 0.3 is 0 Å². The Morgan fingerprint density at radius 2 is 2.22 bits per heavy atom. The molecular weight excluding hydrogens is 226 g/mol. The Morgan fingerprint density at radius 3 is 2.78 bits per heavy atom. The standard InChI is InChI=1S/C14H25N3O/c1-10(11-6-5-7-15-9-11)8-12-16-13(17-18-12)14(2,3)4/h10-11,15H,5-9H2,1-4H3. The first-order valence-corrected chi connectivity index (χ1v) is 7.00. The van der Waals surface area contributed by atoms with Gasteiger partial charge in [0.15, 0.2) is 5.82 Å². The van der Waals surface area contributed by atoms with E-state index in [0.29, 0.717) is 5.92 Å². The largest absolute Gasteiger partial charge is 0.339 e. The fraction of sp³-hybridized carbons (Fsp3) is 0.857. The van der Waals surface area contributed by atoms with Crippen molar-refractivity contribution in [2.75, 3.05) is 13.1 Å². The minimum atomic E-state index is -0.0304. The van der Waals surface area contributed by atoms with Crippen LogP contribution < -0.4 is 5.32 Å². The number of nitrogens with zero attached hydrogens (tertiary/aromatic N) is 2. The lowest BCUT2D eigenvalue weighted by Gasteiger charge is -2.27. The van der Waals surface area contributed by atoms with Gasteiger partial charge in [0.1, 0.15) is 0 Å². The Kier molecular flexibility index (Phi) is 4.05. The Morgan fingerprint density at radius 1 is 1.44 bits per heavy atom. The van der Waals surface area contributed by atoms with Gasteiger partial charge in [0.2, 0.25) is 5.89 Å². The number of aromatic nitrogens is 2. The molecule has 0 aromatic carbocycles. The van der Waals surface area contributed by atoms with E-state index in [1.54, 1.807) is 0 Å². The predicted octanol–water partition coefficient (Wildman–Crippen LogP) is 2.55. The molecule has 1 saturated heterocycles. The molecule has 18 heavy (non-hydrogen) atoms. The van der Waals surface area contributed by atoms with Crippen LogP contribution in [0.1, 0.15) is 52.3 Å². The van der Waals surface area contributed by atoms with Crippen LogP contribution in [0.5, 0.6) is 0 Å². The van der Waals surface area contributed by atoms with Crippen LogP contribution in [0.15, 0.2) is 4.52 Å². The van der Waals surface area contributed by atoms with E-state index in [2.05, 4.69) is 43.2 Å². The van der Waals surface area contributed by atoms with E-state index in [0.717, 1.165) is 37.1 Å². The van der Waals surface area contributed by atoms with Crippen molar-refractivity contribution in [1.82, 2.24) is 15.5 Å². The van der Waals surface area contributed by atoms with Gasteiger partial charge in [-0.2, -0.15) is 4.98 Å². The van der Waals surface area contributed by atoms with Crippen molar-refractivity contribution in [1.29, 1.82) is 0 Å². The molecular formula is C14H25N3O. The first-order valence-electron chi connectivity index (χ1n) is 7.00. The number of rotatable bonds is 3. The van der Waals surface area contributed by atoms with Gasteiger partial charge in [-0.1, -0.05) is 32.9 Å². The summed E-state index contributed by atoms with van der Waals surface area (Å²) < 4.78 is 5.37. The summed E-state index contributed by atoms with van der Waals surface area (Å²) in [6.07, 6.45) is 3.50. The first kappa shape index (κ1) is 13.5. The Labute approximate surface area is 110 Å². The number of hydrogen-bond acceptors (Lipinski definition) is 4. The van der Waals surface area contributed by atoms with Crippen LogP contribution in [0, 0.1) is 11.8 Å². The van der Waals surface area contributed by atoms with E-state index < -0.39 is 0 Å². The molecule has 4 heteroatoms. The molecule has 102 valence electrons. The molecule has 0 bridgehead atoms. The van der Waals surface area contributed by atoms with Crippen LogP contribution in [0.25, 0.3) is 0 Å². The molecule has 1 aliphatic heterocycles. The molecule has 2 rings (SSSR count). The molecule has 0 spiro atoms. The van der Waals surface area contributed by atoms with Crippen LogP contribution in [0.4, 0.5) is 0 Å². The zero-order valence-electron chi connectivity index (χ0n) is 12.0. The van der Waals surface area contributed by atoms with E-state index >= 15 is 0 Å². The smallest absolute Gasteiger partial charge is 0.226 e. The molecule has 1 N–H and O–H groups in total. The summed E-state index contributed by atoms with van der Waals surface area (Å²) >= 11 is 0. The lowest BCUT2D eigenvalue weighted by atomic mass is 9.85. The van der Waals surface area contributed by atoms with Crippen molar-refractivity contribution in [2.24, 2.45) is 11.8 Å². The van der Waals surface area contributed by atoms with E-state index in [1.807, 2.05) is 0 Å². The van der Waals surface area contributed by atoms with Gasteiger partial charge in [-0.3, -0.25) is 0 Å². The molecule has 1 fully saturated rings. The highest BCUT2D eigenvalue weighted by molar-refractivity contribution is 5.00. The highest BCUT2D eigenvalue weighted by Gasteiger charge is 2.24. The Balaban J connectivity index is 1.94. The number of nitrogens with one attached hydrogen (secondary N) is 1. The molecule has 0 amide bonds. The quantitative estimate of drug-likeness (QED) is 0.897. The highest BCUT2D eigenvalue weighted by Crippen LogP contribution is 2.24. The van der Waals surface area contributed by atoms with E-state index in [1.165, 1.54) is 12.8 Å². The van der Waals surface area contributed by atoms with Crippen molar-refractivity contribution in [3.8, 4) is 0 Å². The molecule has 2 unspecified atom stereocenters. The second kappa shape index (κ2) is 5.39. The third-order valence-electron chi connectivity index (χ3n) is 3.78. The molecule has 0 aliphatic carbocycles. The molecule has 2 atom stereocenters. The zero-order valence-corrected chi connectivity index (χ0v) is 12.0. The number of hydrogen-bond donors (Lipinski definition) is 1. The second-order valence-electron chi connectivity index (χ2n) is 6.55. The average Bonchev–Trinajstić information content (AvgIpc) is 2.78. The summed E-state index contributed by atoms with van der Waals surface area (Å²) in [4.78, 5) is 4.52. The summed E-state index contributed by atoms with van der Waals surface area (Å²) in [5.74, 6) is 2.94. The van der Waals surface area contributed by atoms with Crippen LogP contribution in [-0.4, -0.2) is 23.2 Å². The molecule has 1 aromatic rings. The zero-order chi connectivity index (χ0) is 13.2. The van der Waals surface area contributed by atoms with Gasteiger partial charge in [0.25, 0.3) is 0 Å². The molecule has 1 aliphatic rings. The predicted molar refractivity (Wildman–Crippen MR) is 71.5 cm³/mol. The third-order valence-corrected chi connectivity index (χ3v) is 3.78. The molecule has 0 saturated carbocycles. The normalized spacial score (nSPS) is 23.0. The van der Waals surface area contributed by atoms with Crippen LogP contribution >= 0.6 is 0 Å². The second-order valence-corrected chi connectivity index (χ2v) is 6.55. The minimum absolute atomic E-state index is 0.0304. The van der Waals surface area contributed by atoms with Crippen molar-refractivity contribution in [3.05, 3.63) is 11.7 Å². The maximum Gasteiger partial charge on any atom is 0.226 e. The van der Waals surface area contributed by atoms with Crippen LogP contribution in [0.2, 0.25) is 0 Å². The fourth-order valence-electron chi connectivity index (χ4n) is 2.45. The first-order chi connectivity index (χ1) is 8.47. The van der Waals surface area contributed by atoms with E-state index in [9.17, 15) is 0 Å². The minimum Gasteiger partial charge on any atom is -0.339 e. The summed E-state index contributed by atoms with van der Waals surface area (Å²) in [6, 6.07) is 0. The summed E-state index contributed by atoms with van der Waals surface area (Å²) in [5, 5.41) is 7.55. The van der Waals surface area contributed by atoms with Gasteiger partial charge < -0.3 is 9.84 Å². The van der Waals surface area contributed by atoms with Gasteiger partial charge in [-0.05, 0) is 37.8 Å². The topological polar surface area (TPSA) is 51.0 Å². The van der Waals surface area contributed by atoms with Crippen molar-refractivity contribution >= 4 is 0 Å². The maximum atomic E-state index is 5.37. The SMILES string of the molecule is CC(Cc1nc(C(C)(C)C)no1)C1CCCNC1. The summed E-state index contributed by atoms with van der Waals surface area (Å²) in [5.41, 5.74) is -0.0304. The van der Waals surface area contributed by atoms with Crippen LogP contribution in [-0.2, 0) is 11.8 Å². The average molecular weight is 251 g/mol.